The molecule has 106 valence electrons. The molecular weight excluding hydrogens is 254 g/mol. The van der Waals surface area contributed by atoms with Gasteiger partial charge in [-0.1, -0.05) is 11.8 Å². The van der Waals surface area contributed by atoms with Crippen LogP contribution in [-0.2, 0) is 4.74 Å². The van der Waals surface area contributed by atoms with E-state index < -0.39 is 0 Å². The standard InChI is InChI=1S/C15H19N3O2/c1-11-9-18(10-12(2)20-11)15(19)14-6-5-13(8-17-14)4-3-7-16/h5-6,8,11-12H,7,9-10,16H2,1-2H3. The smallest absolute Gasteiger partial charge is 0.272 e. The number of pyridine rings is 1. The van der Waals surface area contributed by atoms with Gasteiger partial charge in [0.2, 0.25) is 0 Å². The summed E-state index contributed by atoms with van der Waals surface area (Å²) in [5, 5.41) is 0. The fraction of sp³-hybridized carbons (Fsp3) is 0.467. The second kappa shape index (κ2) is 6.51. The van der Waals surface area contributed by atoms with Gasteiger partial charge in [0.05, 0.1) is 18.8 Å². The molecule has 2 N–H and O–H groups in total. The van der Waals surface area contributed by atoms with Crippen LogP contribution in [0.3, 0.4) is 0 Å². The molecule has 0 spiro atoms. The van der Waals surface area contributed by atoms with Gasteiger partial charge in [-0.25, -0.2) is 4.98 Å². The molecular formula is C15H19N3O2. The van der Waals surface area contributed by atoms with E-state index in [0.717, 1.165) is 5.56 Å². The fourth-order valence-corrected chi connectivity index (χ4v) is 2.25. The van der Waals surface area contributed by atoms with Crippen LogP contribution in [0.4, 0.5) is 0 Å². The second-order valence-corrected chi connectivity index (χ2v) is 4.91. The molecule has 20 heavy (non-hydrogen) atoms. The van der Waals surface area contributed by atoms with Crippen LogP contribution in [0.1, 0.15) is 29.9 Å². The van der Waals surface area contributed by atoms with E-state index in [4.69, 9.17) is 10.5 Å². The number of rotatable bonds is 1. The minimum atomic E-state index is -0.0645. The molecule has 0 bridgehead atoms. The summed E-state index contributed by atoms with van der Waals surface area (Å²) in [7, 11) is 0. The van der Waals surface area contributed by atoms with Gasteiger partial charge in [0.1, 0.15) is 5.69 Å². The van der Waals surface area contributed by atoms with E-state index in [2.05, 4.69) is 16.8 Å². The number of carbonyl (C=O) groups excluding carboxylic acids is 1. The Morgan fingerprint density at radius 3 is 2.70 bits per heavy atom. The number of morpholine rings is 1. The average Bonchev–Trinajstić information content (AvgIpc) is 2.44. The summed E-state index contributed by atoms with van der Waals surface area (Å²) >= 11 is 0. The zero-order valence-electron chi connectivity index (χ0n) is 11.8. The molecule has 1 aromatic heterocycles. The molecule has 1 amide bonds. The van der Waals surface area contributed by atoms with Crippen LogP contribution < -0.4 is 5.73 Å². The van der Waals surface area contributed by atoms with Crippen LogP contribution in [0.15, 0.2) is 18.3 Å². The third kappa shape index (κ3) is 3.56. The normalized spacial score (nSPS) is 22.1. The zero-order chi connectivity index (χ0) is 14.5. The molecule has 0 aliphatic carbocycles. The minimum Gasteiger partial charge on any atom is -0.372 e. The lowest BCUT2D eigenvalue weighted by Crippen LogP contribution is -2.48. The van der Waals surface area contributed by atoms with Crippen LogP contribution in [-0.4, -0.2) is 47.6 Å². The van der Waals surface area contributed by atoms with Crippen LogP contribution in [0.25, 0.3) is 0 Å². The topological polar surface area (TPSA) is 68.5 Å². The second-order valence-electron chi connectivity index (χ2n) is 4.91. The molecule has 0 aromatic carbocycles. The van der Waals surface area contributed by atoms with Gasteiger partial charge in [0, 0.05) is 24.8 Å². The van der Waals surface area contributed by atoms with Crippen molar-refractivity contribution in [2.24, 2.45) is 5.73 Å². The molecule has 1 aromatic rings. The number of hydrogen-bond acceptors (Lipinski definition) is 4. The van der Waals surface area contributed by atoms with Gasteiger partial charge in [0.15, 0.2) is 0 Å². The molecule has 1 saturated heterocycles. The van der Waals surface area contributed by atoms with Gasteiger partial charge in [-0.15, -0.1) is 0 Å². The predicted octanol–water partition coefficient (Wildman–Crippen LogP) is 0.641. The molecule has 5 nitrogen and oxygen atoms in total. The summed E-state index contributed by atoms with van der Waals surface area (Å²) in [5.74, 6) is 5.57. The van der Waals surface area contributed by atoms with Crippen LogP contribution in [0.2, 0.25) is 0 Å². The van der Waals surface area contributed by atoms with Crippen LogP contribution in [0, 0.1) is 11.8 Å². The first kappa shape index (κ1) is 14.5. The van der Waals surface area contributed by atoms with E-state index in [1.165, 1.54) is 0 Å². The van der Waals surface area contributed by atoms with Gasteiger partial charge in [-0.2, -0.15) is 0 Å². The Morgan fingerprint density at radius 2 is 2.15 bits per heavy atom. The SMILES string of the molecule is CC1CN(C(=O)c2ccc(C#CCN)cn2)CC(C)O1. The van der Waals surface area contributed by atoms with Crippen molar-refractivity contribution in [1.82, 2.24) is 9.88 Å². The Morgan fingerprint density at radius 1 is 1.45 bits per heavy atom. The number of nitrogens with two attached hydrogens (primary N) is 1. The number of ether oxygens (including phenoxy) is 1. The summed E-state index contributed by atoms with van der Waals surface area (Å²) in [6.45, 7) is 5.44. The predicted molar refractivity (Wildman–Crippen MR) is 76.1 cm³/mol. The van der Waals surface area contributed by atoms with Crippen LogP contribution in [0.5, 0.6) is 0 Å². The Bertz CT molecular complexity index is 520. The quantitative estimate of drug-likeness (QED) is 0.763. The van der Waals surface area contributed by atoms with Crippen LogP contribution >= 0.6 is 0 Å². The molecule has 2 atom stereocenters. The van der Waals surface area contributed by atoms with E-state index in [9.17, 15) is 4.79 Å². The lowest BCUT2D eigenvalue weighted by molar-refractivity contribution is -0.0587. The first-order valence-electron chi connectivity index (χ1n) is 6.70. The highest BCUT2D eigenvalue weighted by Crippen LogP contribution is 2.13. The molecule has 1 fully saturated rings. The Hall–Kier alpha value is -1.90. The molecule has 0 saturated carbocycles. The van der Waals surface area contributed by atoms with Crippen molar-refractivity contribution in [1.29, 1.82) is 0 Å². The van der Waals surface area contributed by atoms with E-state index in [1.54, 1.807) is 23.2 Å². The van der Waals surface area contributed by atoms with Gasteiger partial charge in [-0.3, -0.25) is 4.79 Å². The maximum atomic E-state index is 12.4. The summed E-state index contributed by atoms with van der Waals surface area (Å²) in [6.07, 6.45) is 1.71. The highest BCUT2D eigenvalue weighted by atomic mass is 16.5. The van der Waals surface area contributed by atoms with E-state index in [0.29, 0.717) is 25.3 Å². The van der Waals surface area contributed by atoms with E-state index in [-0.39, 0.29) is 18.1 Å². The molecule has 2 heterocycles. The highest BCUT2D eigenvalue weighted by Gasteiger charge is 2.27. The molecule has 2 rings (SSSR count). The van der Waals surface area contributed by atoms with Crippen molar-refractivity contribution in [3.05, 3.63) is 29.6 Å². The third-order valence-electron chi connectivity index (χ3n) is 3.02. The minimum absolute atomic E-state index is 0.0531. The van der Waals surface area contributed by atoms with Gasteiger partial charge in [-0.05, 0) is 26.0 Å². The number of amides is 1. The first-order valence-corrected chi connectivity index (χ1v) is 6.70. The van der Waals surface area contributed by atoms with Crippen molar-refractivity contribution >= 4 is 5.91 Å². The molecule has 2 unspecified atom stereocenters. The van der Waals surface area contributed by atoms with E-state index in [1.807, 2.05) is 13.8 Å². The van der Waals surface area contributed by atoms with Crippen molar-refractivity contribution < 1.29 is 9.53 Å². The molecule has 1 aliphatic heterocycles. The zero-order valence-corrected chi connectivity index (χ0v) is 11.8. The number of carbonyl (C=O) groups is 1. The third-order valence-corrected chi connectivity index (χ3v) is 3.02. The van der Waals surface area contributed by atoms with Gasteiger partial charge in [0.25, 0.3) is 5.91 Å². The number of hydrogen-bond donors (Lipinski definition) is 1. The van der Waals surface area contributed by atoms with Crippen molar-refractivity contribution in [2.45, 2.75) is 26.1 Å². The lowest BCUT2D eigenvalue weighted by atomic mass is 10.2. The highest BCUT2D eigenvalue weighted by molar-refractivity contribution is 5.92. The van der Waals surface area contributed by atoms with Gasteiger partial charge >= 0.3 is 0 Å². The van der Waals surface area contributed by atoms with Crippen molar-refractivity contribution in [2.75, 3.05) is 19.6 Å². The average molecular weight is 273 g/mol. The molecule has 1 aliphatic rings. The summed E-state index contributed by atoms with van der Waals surface area (Å²) < 4.78 is 5.62. The van der Waals surface area contributed by atoms with Gasteiger partial charge < -0.3 is 15.4 Å². The lowest BCUT2D eigenvalue weighted by Gasteiger charge is -2.35. The molecule has 5 heteroatoms. The Labute approximate surface area is 119 Å². The first-order chi connectivity index (χ1) is 9.60. The molecule has 0 radical (unpaired) electrons. The summed E-state index contributed by atoms with van der Waals surface area (Å²) in [5.41, 5.74) is 6.51. The Balaban J connectivity index is 2.09. The Kier molecular flexibility index (Phi) is 4.72. The monoisotopic (exact) mass is 273 g/mol. The van der Waals surface area contributed by atoms with Crippen molar-refractivity contribution in [3.8, 4) is 11.8 Å². The van der Waals surface area contributed by atoms with Crippen molar-refractivity contribution in [3.63, 3.8) is 0 Å². The van der Waals surface area contributed by atoms with E-state index >= 15 is 0 Å². The fourth-order valence-electron chi connectivity index (χ4n) is 2.25. The maximum absolute atomic E-state index is 12.4. The largest absolute Gasteiger partial charge is 0.372 e. The summed E-state index contributed by atoms with van der Waals surface area (Å²) in [4.78, 5) is 18.3. The summed E-state index contributed by atoms with van der Waals surface area (Å²) in [6, 6.07) is 3.49. The maximum Gasteiger partial charge on any atom is 0.272 e. The number of nitrogens with zero attached hydrogens (tertiary/aromatic N) is 2. The number of aromatic nitrogens is 1.